The van der Waals surface area contributed by atoms with Crippen LogP contribution in [0.3, 0.4) is 0 Å². The summed E-state index contributed by atoms with van der Waals surface area (Å²) in [7, 11) is 0. The number of hydrogen-bond acceptors (Lipinski definition) is 4. The number of nitrogens with zero attached hydrogens (tertiary/aromatic N) is 2. The van der Waals surface area contributed by atoms with Crippen LogP contribution < -0.4 is 19.9 Å². The summed E-state index contributed by atoms with van der Waals surface area (Å²) in [5.74, 6) is 0.971. The van der Waals surface area contributed by atoms with E-state index in [1.54, 1.807) is 0 Å². The van der Waals surface area contributed by atoms with Crippen LogP contribution in [0.15, 0.2) is 146 Å². The standard InChI is InChI=1S/C47H51N3O/c1-6-49(33-37-13-9-11-35(4)31-37)44-25-17-40(18-26-44)47(39-15-21-42(22-16-39)48-43-23-29-46(30-24-43)51-8-3)41-19-27-45(28-20-41)50(7-2)34-38-14-10-12-36(5)32-38/h9-32,47-48H,6-8,33-34H2,1-5H3. The van der Waals surface area contributed by atoms with E-state index < -0.39 is 0 Å². The molecule has 0 unspecified atom stereocenters. The summed E-state index contributed by atoms with van der Waals surface area (Å²) in [6.07, 6.45) is 0. The third-order valence-electron chi connectivity index (χ3n) is 9.56. The summed E-state index contributed by atoms with van der Waals surface area (Å²) in [6, 6.07) is 53.1. The van der Waals surface area contributed by atoms with Crippen molar-refractivity contribution in [2.75, 3.05) is 34.8 Å². The maximum Gasteiger partial charge on any atom is 0.119 e. The van der Waals surface area contributed by atoms with E-state index in [1.165, 1.54) is 50.3 Å². The number of anilines is 4. The highest BCUT2D eigenvalue weighted by atomic mass is 16.5. The normalized spacial score (nSPS) is 11.0. The molecule has 0 spiro atoms. The Hall–Kier alpha value is -5.48. The fourth-order valence-electron chi connectivity index (χ4n) is 6.89. The van der Waals surface area contributed by atoms with E-state index >= 15 is 0 Å². The molecule has 6 rings (SSSR count). The molecule has 0 bridgehead atoms. The fraction of sp³-hybridized carbons (Fsp3) is 0.234. The summed E-state index contributed by atoms with van der Waals surface area (Å²) in [5.41, 5.74) is 13.6. The topological polar surface area (TPSA) is 27.7 Å². The smallest absolute Gasteiger partial charge is 0.119 e. The van der Waals surface area contributed by atoms with Crippen molar-refractivity contribution in [3.8, 4) is 5.75 Å². The quantitative estimate of drug-likeness (QED) is 0.110. The zero-order chi connectivity index (χ0) is 35.6. The van der Waals surface area contributed by atoms with Crippen LogP contribution in [-0.4, -0.2) is 19.7 Å². The third-order valence-corrected chi connectivity index (χ3v) is 9.56. The molecule has 0 saturated heterocycles. The van der Waals surface area contributed by atoms with Gasteiger partial charge >= 0.3 is 0 Å². The van der Waals surface area contributed by atoms with Crippen molar-refractivity contribution in [2.24, 2.45) is 0 Å². The second kappa shape index (κ2) is 17.0. The molecule has 4 heteroatoms. The molecule has 0 aromatic heterocycles. The Morgan fingerprint density at radius 1 is 0.510 bits per heavy atom. The molecule has 6 aromatic carbocycles. The minimum Gasteiger partial charge on any atom is -0.494 e. The van der Waals surface area contributed by atoms with Crippen LogP contribution in [0.5, 0.6) is 5.75 Å². The van der Waals surface area contributed by atoms with Gasteiger partial charge in [0.25, 0.3) is 0 Å². The van der Waals surface area contributed by atoms with Gasteiger partial charge in [-0.1, -0.05) is 96.1 Å². The van der Waals surface area contributed by atoms with Crippen LogP contribution in [-0.2, 0) is 13.1 Å². The Labute approximate surface area is 305 Å². The lowest BCUT2D eigenvalue weighted by molar-refractivity contribution is 0.340. The first kappa shape index (κ1) is 35.3. The molecule has 0 fully saturated rings. The van der Waals surface area contributed by atoms with Gasteiger partial charge in [0.15, 0.2) is 0 Å². The summed E-state index contributed by atoms with van der Waals surface area (Å²) in [5, 5.41) is 3.55. The molecule has 51 heavy (non-hydrogen) atoms. The van der Waals surface area contributed by atoms with Crippen molar-refractivity contribution in [3.63, 3.8) is 0 Å². The van der Waals surface area contributed by atoms with Crippen molar-refractivity contribution in [3.05, 3.63) is 185 Å². The summed E-state index contributed by atoms with van der Waals surface area (Å²) < 4.78 is 5.62. The van der Waals surface area contributed by atoms with Gasteiger partial charge in [0.2, 0.25) is 0 Å². The zero-order valence-corrected chi connectivity index (χ0v) is 30.8. The first-order chi connectivity index (χ1) is 24.9. The van der Waals surface area contributed by atoms with Gasteiger partial charge in [0.1, 0.15) is 5.75 Å². The summed E-state index contributed by atoms with van der Waals surface area (Å²) in [6.45, 7) is 15.1. The number of aryl methyl sites for hydroxylation is 2. The number of ether oxygens (including phenoxy) is 1. The third kappa shape index (κ3) is 9.20. The highest BCUT2D eigenvalue weighted by Crippen LogP contribution is 2.35. The van der Waals surface area contributed by atoms with Crippen LogP contribution in [0.4, 0.5) is 22.7 Å². The van der Waals surface area contributed by atoms with Gasteiger partial charge in [-0.2, -0.15) is 0 Å². The molecule has 0 aliphatic carbocycles. The fourth-order valence-corrected chi connectivity index (χ4v) is 6.89. The van der Waals surface area contributed by atoms with Crippen LogP contribution in [0.1, 0.15) is 65.6 Å². The number of nitrogens with one attached hydrogen (secondary N) is 1. The predicted molar refractivity (Wildman–Crippen MR) is 217 cm³/mol. The molecule has 260 valence electrons. The summed E-state index contributed by atoms with van der Waals surface area (Å²) in [4.78, 5) is 4.88. The minimum absolute atomic E-state index is 0.0892. The second-order valence-electron chi connectivity index (χ2n) is 13.3. The van der Waals surface area contributed by atoms with Gasteiger partial charge in [-0.25, -0.2) is 0 Å². The van der Waals surface area contributed by atoms with Crippen LogP contribution in [0.2, 0.25) is 0 Å². The second-order valence-corrected chi connectivity index (χ2v) is 13.3. The Morgan fingerprint density at radius 2 is 0.922 bits per heavy atom. The zero-order valence-electron chi connectivity index (χ0n) is 30.8. The lowest BCUT2D eigenvalue weighted by Crippen LogP contribution is -2.22. The molecule has 4 nitrogen and oxygen atoms in total. The van der Waals surface area contributed by atoms with E-state index in [0.717, 1.165) is 43.3 Å². The minimum atomic E-state index is 0.0892. The molecule has 1 N–H and O–H groups in total. The van der Waals surface area contributed by atoms with E-state index in [9.17, 15) is 0 Å². The van der Waals surface area contributed by atoms with Crippen LogP contribution >= 0.6 is 0 Å². The molecule has 0 aliphatic heterocycles. The van der Waals surface area contributed by atoms with Crippen molar-refractivity contribution in [1.29, 1.82) is 0 Å². The number of hydrogen-bond donors (Lipinski definition) is 1. The number of rotatable bonds is 15. The number of benzene rings is 6. The van der Waals surface area contributed by atoms with E-state index in [1.807, 2.05) is 19.1 Å². The average Bonchev–Trinajstić information content (AvgIpc) is 3.15. The molecular formula is C47H51N3O. The largest absolute Gasteiger partial charge is 0.494 e. The monoisotopic (exact) mass is 673 g/mol. The predicted octanol–water partition coefficient (Wildman–Crippen LogP) is 11.7. The van der Waals surface area contributed by atoms with Gasteiger partial charge in [-0.15, -0.1) is 0 Å². The first-order valence-electron chi connectivity index (χ1n) is 18.3. The lowest BCUT2D eigenvalue weighted by Gasteiger charge is -2.26. The highest BCUT2D eigenvalue weighted by Gasteiger charge is 2.19. The van der Waals surface area contributed by atoms with Gasteiger partial charge in [0.05, 0.1) is 6.61 Å². The maximum atomic E-state index is 5.62. The molecule has 0 radical (unpaired) electrons. The van der Waals surface area contributed by atoms with E-state index in [2.05, 4.69) is 176 Å². The SMILES string of the molecule is CCOc1ccc(Nc2ccc(C(c3ccc(N(CC)Cc4cccc(C)c4)cc3)c3ccc(N(CC)Cc4cccc(C)c4)cc3)cc2)cc1. The Bertz CT molecular complexity index is 1870. The van der Waals surface area contributed by atoms with Gasteiger partial charge in [-0.05, 0) is 123 Å². The molecular weight excluding hydrogens is 623 g/mol. The van der Waals surface area contributed by atoms with Crippen molar-refractivity contribution < 1.29 is 4.74 Å². The molecule has 0 heterocycles. The molecule has 6 aromatic rings. The maximum absolute atomic E-state index is 5.62. The van der Waals surface area contributed by atoms with E-state index in [-0.39, 0.29) is 5.92 Å². The van der Waals surface area contributed by atoms with Crippen LogP contribution in [0, 0.1) is 13.8 Å². The van der Waals surface area contributed by atoms with Crippen molar-refractivity contribution in [1.82, 2.24) is 0 Å². The van der Waals surface area contributed by atoms with E-state index in [0.29, 0.717) is 6.61 Å². The lowest BCUT2D eigenvalue weighted by atomic mass is 9.85. The molecule has 0 atom stereocenters. The molecule has 0 amide bonds. The van der Waals surface area contributed by atoms with Crippen molar-refractivity contribution >= 4 is 22.7 Å². The van der Waals surface area contributed by atoms with Gasteiger partial charge < -0.3 is 19.9 Å². The van der Waals surface area contributed by atoms with Gasteiger partial charge in [0, 0.05) is 54.8 Å². The van der Waals surface area contributed by atoms with Crippen LogP contribution in [0.25, 0.3) is 0 Å². The Kier molecular flexibility index (Phi) is 11.8. The first-order valence-corrected chi connectivity index (χ1v) is 18.3. The summed E-state index contributed by atoms with van der Waals surface area (Å²) >= 11 is 0. The highest BCUT2D eigenvalue weighted by molar-refractivity contribution is 5.62. The molecule has 0 aliphatic rings. The Morgan fingerprint density at radius 3 is 1.31 bits per heavy atom. The van der Waals surface area contributed by atoms with Crippen molar-refractivity contribution in [2.45, 2.75) is 53.6 Å². The van der Waals surface area contributed by atoms with Gasteiger partial charge in [-0.3, -0.25) is 0 Å². The average molecular weight is 674 g/mol. The Balaban J connectivity index is 1.28. The molecule has 0 saturated carbocycles. The van der Waals surface area contributed by atoms with E-state index in [4.69, 9.17) is 4.74 Å².